The number of aromatic nitrogens is 4. The van der Waals surface area contributed by atoms with Crippen molar-refractivity contribution in [3.63, 3.8) is 0 Å². The summed E-state index contributed by atoms with van der Waals surface area (Å²) < 4.78 is 2.86. The summed E-state index contributed by atoms with van der Waals surface area (Å²) in [6.45, 7) is 4.17. The Morgan fingerprint density at radius 3 is 2.75 bits per heavy atom. The molecule has 0 atom stereocenters. The zero-order chi connectivity index (χ0) is 11.7. The van der Waals surface area contributed by atoms with Crippen LogP contribution in [0.15, 0.2) is 18.7 Å². The average Bonchev–Trinajstić information content (AvgIpc) is 2.71. The van der Waals surface area contributed by atoms with Crippen molar-refractivity contribution in [3.8, 4) is 11.5 Å². The van der Waals surface area contributed by atoms with Crippen molar-refractivity contribution < 1.29 is 0 Å². The van der Waals surface area contributed by atoms with E-state index in [0.29, 0.717) is 17.0 Å². The Morgan fingerprint density at radius 2 is 2.12 bits per heavy atom. The molecule has 0 unspecified atom stereocenters. The Morgan fingerprint density at radius 1 is 1.38 bits per heavy atom. The predicted octanol–water partition coefficient (Wildman–Crippen LogP) is 3.18. The zero-order valence-corrected chi connectivity index (χ0v) is 11.8. The van der Waals surface area contributed by atoms with E-state index >= 15 is 0 Å². The molecular weight excluding hydrogens is 338 g/mol. The predicted molar refractivity (Wildman–Crippen MR) is 71.4 cm³/mol. The van der Waals surface area contributed by atoms with Gasteiger partial charge in [0.25, 0.3) is 0 Å². The van der Waals surface area contributed by atoms with Gasteiger partial charge in [0.1, 0.15) is 10.8 Å². The highest BCUT2D eigenvalue weighted by atomic mass is 127. The van der Waals surface area contributed by atoms with E-state index in [4.69, 9.17) is 11.6 Å². The molecule has 2 rings (SSSR count). The van der Waals surface area contributed by atoms with Gasteiger partial charge in [-0.15, -0.1) is 0 Å². The number of halogens is 2. The van der Waals surface area contributed by atoms with Crippen LogP contribution in [0.3, 0.4) is 0 Å². The summed E-state index contributed by atoms with van der Waals surface area (Å²) in [5, 5.41) is 0.474. The molecule has 2 aromatic rings. The lowest BCUT2D eigenvalue weighted by Crippen LogP contribution is -2.03. The van der Waals surface area contributed by atoms with Crippen LogP contribution in [-0.2, 0) is 0 Å². The SMILES string of the molecule is CC(C)n1cncc1-c1ncc(I)c(Cl)n1. The van der Waals surface area contributed by atoms with E-state index in [2.05, 4.69) is 51.4 Å². The fourth-order valence-corrected chi connectivity index (χ4v) is 1.75. The summed E-state index contributed by atoms with van der Waals surface area (Å²) in [4.78, 5) is 12.6. The molecule has 0 saturated heterocycles. The Bertz CT molecular complexity index is 509. The number of imidazole rings is 1. The molecule has 0 spiro atoms. The lowest BCUT2D eigenvalue weighted by atomic mass is 10.3. The number of nitrogens with zero attached hydrogens (tertiary/aromatic N) is 4. The van der Waals surface area contributed by atoms with Crippen LogP contribution in [0.1, 0.15) is 19.9 Å². The molecular formula is C10H10ClIN4. The maximum Gasteiger partial charge on any atom is 0.179 e. The Balaban J connectivity index is 2.50. The van der Waals surface area contributed by atoms with Crippen molar-refractivity contribution in [2.45, 2.75) is 19.9 Å². The van der Waals surface area contributed by atoms with E-state index in [1.807, 2.05) is 4.57 Å². The van der Waals surface area contributed by atoms with E-state index in [1.165, 1.54) is 0 Å². The maximum atomic E-state index is 5.97. The van der Waals surface area contributed by atoms with Gasteiger partial charge in [0.05, 0.1) is 16.1 Å². The number of hydrogen-bond acceptors (Lipinski definition) is 3. The number of hydrogen-bond donors (Lipinski definition) is 0. The van der Waals surface area contributed by atoms with Gasteiger partial charge in [0.15, 0.2) is 5.82 Å². The summed E-state index contributed by atoms with van der Waals surface area (Å²) in [6, 6.07) is 0.319. The Kier molecular flexibility index (Phi) is 3.44. The number of rotatable bonds is 2. The second-order valence-corrected chi connectivity index (χ2v) is 5.13. The molecule has 84 valence electrons. The highest BCUT2D eigenvalue weighted by Gasteiger charge is 2.11. The van der Waals surface area contributed by atoms with E-state index in [0.717, 1.165) is 9.26 Å². The molecule has 0 radical (unpaired) electrons. The average molecular weight is 349 g/mol. The topological polar surface area (TPSA) is 43.6 Å². The minimum Gasteiger partial charge on any atom is -0.325 e. The normalized spacial score (nSPS) is 11.1. The largest absolute Gasteiger partial charge is 0.325 e. The van der Waals surface area contributed by atoms with Crippen molar-refractivity contribution in [1.82, 2.24) is 19.5 Å². The highest BCUT2D eigenvalue weighted by Crippen LogP contribution is 2.22. The molecule has 6 heteroatoms. The first-order valence-corrected chi connectivity index (χ1v) is 6.25. The van der Waals surface area contributed by atoms with Crippen molar-refractivity contribution in [3.05, 3.63) is 27.4 Å². The lowest BCUT2D eigenvalue weighted by Gasteiger charge is -2.10. The molecule has 0 saturated carbocycles. The fourth-order valence-electron chi connectivity index (χ4n) is 1.36. The highest BCUT2D eigenvalue weighted by molar-refractivity contribution is 14.1. The van der Waals surface area contributed by atoms with Crippen LogP contribution in [0, 0.1) is 3.57 Å². The van der Waals surface area contributed by atoms with Crippen molar-refractivity contribution >= 4 is 34.2 Å². The van der Waals surface area contributed by atoms with Gasteiger partial charge in [-0.1, -0.05) is 11.6 Å². The van der Waals surface area contributed by atoms with Gasteiger partial charge in [-0.05, 0) is 36.4 Å². The second kappa shape index (κ2) is 4.67. The van der Waals surface area contributed by atoms with Crippen molar-refractivity contribution in [1.29, 1.82) is 0 Å². The standard InChI is InChI=1S/C10H10ClIN4/c1-6(2)16-5-13-4-8(16)10-14-3-7(12)9(11)15-10/h3-6H,1-2H3. The van der Waals surface area contributed by atoms with Crippen LogP contribution in [0.2, 0.25) is 5.15 Å². The van der Waals surface area contributed by atoms with Crippen LogP contribution < -0.4 is 0 Å². The first-order chi connectivity index (χ1) is 7.59. The smallest absolute Gasteiger partial charge is 0.179 e. The molecule has 0 aliphatic carbocycles. The molecule has 0 amide bonds. The molecule has 0 N–H and O–H groups in total. The molecule has 0 fully saturated rings. The molecule has 0 bridgehead atoms. The van der Waals surface area contributed by atoms with Gasteiger partial charge < -0.3 is 4.57 Å². The van der Waals surface area contributed by atoms with Crippen LogP contribution in [-0.4, -0.2) is 19.5 Å². The third-order valence-electron chi connectivity index (χ3n) is 2.15. The van der Waals surface area contributed by atoms with Gasteiger partial charge in [-0.25, -0.2) is 15.0 Å². The molecule has 2 aromatic heterocycles. The van der Waals surface area contributed by atoms with Crippen molar-refractivity contribution in [2.75, 3.05) is 0 Å². The summed E-state index contributed by atoms with van der Waals surface area (Å²) in [7, 11) is 0. The zero-order valence-electron chi connectivity index (χ0n) is 8.85. The second-order valence-electron chi connectivity index (χ2n) is 3.61. The van der Waals surface area contributed by atoms with Crippen LogP contribution in [0.5, 0.6) is 0 Å². The lowest BCUT2D eigenvalue weighted by molar-refractivity contribution is 0.603. The fraction of sp³-hybridized carbons (Fsp3) is 0.300. The van der Waals surface area contributed by atoms with Gasteiger partial charge in [0.2, 0.25) is 0 Å². The molecule has 0 aromatic carbocycles. The van der Waals surface area contributed by atoms with E-state index in [1.54, 1.807) is 18.7 Å². The minimum atomic E-state index is 0.319. The summed E-state index contributed by atoms with van der Waals surface area (Å²) in [5.74, 6) is 0.608. The first-order valence-electron chi connectivity index (χ1n) is 4.80. The Labute approximate surface area is 112 Å². The summed E-state index contributed by atoms with van der Waals surface area (Å²) in [6.07, 6.45) is 5.23. The molecule has 16 heavy (non-hydrogen) atoms. The monoisotopic (exact) mass is 348 g/mol. The van der Waals surface area contributed by atoms with Gasteiger partial charge in [0, 0.05) is 12.2 Å². The van der Waals surface area contributed by atoms with Gasteiger partial charge >= 0.3 is 0 Å². The van der Waals surface area contributed by atoms with E-state index < -0.39 is 0 Å². The molecule has 2 heterocycles. The molecule has 4 nitrogen and oxygen atoms in total. The van der Waals surface area contributed by atoms with Gasteiger partial charge in [-0.3, -0.25) is 0 Å². The third kappa shape index (κ3) is 2.20. The third-order valence-corrected chi connectivity index (χ3v) is 3.55. The van der Waals surface area contributed by atoms with Crippen molar-refractivity contribution in [2.24, 2.45) is 0 Å². The Hall–Kier alpha value is -0.690. The summed E-state index contributed by atoms with van der Waals surface area (Å²) >= 11 is 8.08. The van der Waals surface area contributed by atoms with Crippen LogP contribution in [0.25, 0.3) is 11.5 Å². The van der Waals surface area contributed by atoms with Crippen LogP contribution >= 0.6 is 34.2 Å². The van der Waals surface area contributed by atoms with Gasteiger partial charge in [-0.2, -0.15) is 0 Å². The van der Waals surface area contributed by atoms with Crippen LogP contribution in [0.4, 0.5) is 0 Å². The summed E-state index contributed by atoms with van der Waals surface area (Å²) in [5.41, 5.74) is 0.883. The van der Waals surface area contributed by atoms with E-state index in [-0.39, 0.29) is 0 Å². The minimum absolute atomic E-state index is 0.319. The quantitative estimate of drug-likeness (QED) is 0.618. The maximum absolute atomic E-state index is 5.97. The molecule has 0 aliphatic rings. The first kappa shape index (κ1) is 11.8. The van der Waals surface area contributed by atoms with E-state index in [9.17, 15) is 0 Å². The molecule has 0 aliphatic heterocycles.